The summed E-state index contributed by atoms with van der Waals surface area (Å²) in [6.07, 6.45) is 3.26. The Kier molecular flexibility index (Phi) is 3.23. The van der Waals surface area contributed by atoms with Gasteiger partial charge >= 0.3 is 0 Å². The van der Waals surface area contributed by atoms with Crippen molar-refractivity contribution in [2.75, 3.05) is 0 Å². The average Bonchev–Trinajstić information content (AvgIpc) is 2.99. The highest BCUT2D eigenvalue weighted by Crippen LogP contribution is 2.36. The monoisotopic (exact) mass is 227 g/mol. The van der Waals surface area contributed by atoms with Crippen LogP contribution in [0.25, 0.3) is 0 Å². The van der Waals surface area contributed by atoms with Crippen LogP contribution < -0.4 is 0 Å². The molecule has 2 saturated carbocycles. The fourth-order valence-electron chi connectivity index (χ4n) is 2.61. The van der Waals surface area contributed by atoms with E-state index in [1.807, 2.05) is 0 Å². The Morgan fingerprint density at radius 1 is 1.31 bits per heavy atom. The molecule has 0 amide bonds. The zero-order chi connectivity index (χ0) is 11.7. The quantitative estimate of drug-likeness (QED) is 0.577. The smallest absolute Gasteiger partial charge is 0.241 e. The average molecular weight is 227 g/mol. The molecule has 0 aliphatic heterocycles. The van der Waals surface area contributed by atoms with Gasteiger partial charge in [0, 0.05) is 23.2 Å². The highest BCUT2D eigenvalue weighted by molar-refractivity contribution is 5.83. The molecule has 0 saturated heterocycles. The molecule has 0 aromatic carbocycles. The van der Waals surface area contributed by atoms with Gasteiger partial charge in [0.05, 0.1) is 0 Å². The van der Waals surface area contributed by atoms with E-state index in [1.54, 1.807) is 0 Å². The Bertz CT molecular complexity index is 300. The first-order valence-electron chi connectivity index (χ1n) is 5.94. The SMILES string of the molecule is O=C(CC1CCCC(O)C1[N+](=O)[O-])C1CC1. The second kappa shape index (κ2) is 4.49. The Morgan fingerprint density at radius 2 is 2.00 bits per heavy atom. The second-order valence-electron chi connectivity index (χ2n) is 4.98. The van der Waals surface area contributed by atoms with E-state index in [0.29, 0.717) is 12.8 Å². The third-order valence-corrected chi connectivity index (χ3v) is 3.69. The summed E-state index contributed by atoms with van der Waals surface area (Å²) < 4.78 is 0. The summed E-state index contributed by atoms with van der Waals surface area (Å²) in [5.41, 5.74) is 0. The molecule has 90 valence electrons. The van der Waals surface area contributed by atoms with E-state index in [4.69, 9.17) is 0 Å². The molecule has 5 heteroatoms. The summed E-state index contributed by atoms with van der Waals surface area (Å²) in [5.74, 6) is 0.0595. The second-order valence-corrected chi connectivity index (χ2v) is 4.98. The predicted molar refractivity (Wildman–Crippen MR) is 56.5 cm³/mol. The summed E-state index contributed by atoms with van der Waals surface area (Å²) in [6, 6.07) is -0.934. The van der Waals surface area contributed by atoms with Crippen molar-refractivity contribution in [3.8, 4) is 0 Å². The van der Waals surface area contributed by atoms with Crippen molar-refractivity contribution in [3.63, 3.8) is 0 Å². The van der Waals surface area contributed by atoms with Crippen LogP contribution in [0.2, 0.25) is 0 Å². The number of nitrogens with zero attached hydrogens (tertiary/aromatic N) is 1. The Hall–Kier alpha value is -0.970. The Labute approximate surface area is 94.0 Å². The number of hydrogen-bond acceptors (Lipinski definition) is 4. The summed E-state index contributed by atoms with van der Waals surface area (Å²) in [5, 5.41) is 20.5. The maximum atomic E-state index is 11.6. The molecule has 2 aliphatic carbocycles. The number of nitro groups is 1. The molecule has 2 fully saturated rings. The molecule has 0 heterocycles. The molecule has 2 aliphatic rings. The van der Waals surface area contributed by atoms with Crippen LogP contribution in [0.5, 0.6) is 0 Å². The molecule has 2 rings (SSSR count). The third kappa shape index (κ3) is 2.40. The van der Waals surface area contributed by atoms with Crippen LogP contribution in [0.1, 0.15) is 38.5 Å². The van der Waals surface area contributed by atoms with Crippen LogP contribution in [0, 0.1) is 22.0 Å². The first kappa shape index (κ1) is 11.5. The number of carbonyl (C=O) groups is 1. The minimum absolute atomic E-state index is 0.158. The Morgan fingerprint density at radius 3 is 2.56 bits per heavy atom. The lowest BCUT2D eigenvalue weighted by Gasteiger charge is -2.28. The van der Waals surface area contributed by atoms with E-state index in [0.717, 1.165) is 19.3 Å². The van der Waals surface area contributed by atoms with E-state index >= 15 is 0 Å². The van der Waals surface area contributed by atoms with Gasteiger partial charge in [-0.15, -0.1) is 0 Å². The summed E-state index contributed by atoms with van der Waals surface area (Å²) in [6.45, 7) is 0. The van der Waals surface area contributed by atoms with Gasteiger partial charge in [0.25, 0.3) is 0 Å². The molecule has 5 nitrogen and oxygen atoms in total. The Balaban J connectivity index is 1.98. The van der Waals surface area contributed by atoms with Gasteiger partial charge in [0.1, 0.15) is 11.9 Å². The molecule has 0 radical (unpaired) electrons. The number of hydrogen-bond donors (Lipinski definition) is 1. The number of Topliss-reactive ketones (excluding diaryl/α,β-unsaturated/α-hetero) is 1. The van der Waals surface area contributed by atoms with Crippen molar-refractivity contribution in [1.82, 2.24) is 0 Å². The zero-order valence-corrected chi connectivity index (χ0v) is 9.17. The van der Waals surface area contributed by atoms with Gasteiger partial charge < -0.3 is 5.11 Å². The molecule has 3 unspecified atom stereocenters. The highest BCUT2D eigenvalue weighted by Gasteiger charge is 2.43. The predicted octanol–water partition coefficient (Wildman–Crippen LogP) is 1.16. The van der Waals surface area contributed by atoms with Crippen LogP contribution in [0.4, 0.5) is 0 Å². The minimum Gasteiger partial charge on any atom is -0.386 e. The van der Waals surface area contributed by atoms with Gasteiger partial charge in [-0.3, -0.25) is 14.9 Å². The van der Waals surface area contributed by atoms with E-state index in [-0.39, 0.29) is 24.0 Å². The topological polar surface area (TPSA) is 80.4 Å². The lowest BCUT2D eigenvalue weighted by molar-refractivity contribution is -0.547. The number of carbonyl (C=O) groups excluding carboxylic acids is 1. The van der Waals surface area contributed by atoms with Gasteiger partial charge in [-0.25, -0.2) is 0 Å². The van der Waals surface area contributed by atoms with Gasteiger partial charge in [-0.2, -0.15) is 0 Å². The number of aliphatic hydroxyl groups excluding tert-OH is 1. The van der Waals surface area contributed by atoms with Crippen LogP contribution in [0.15, 0.2) is 0 Å². The zero-order valence-electron chi connectivity index (χ0n) is 9.17. The minimum atomic E-state index is -0.934. The van der Waals surface area contributed by atoms with Crippen LogP contribution >= 0.6 is 0 Å². The summed E-state index contributed by atoms with van der Waals surface area (Å²) >= 11 is 0. The van der Waals surface area contributed by atoms with Crippen molar-refractivity contribution in [2.24, 2.45) is 11.8 Å². The van der Waals surface area contributed by atoms with E-state index < -0.39 is 17.1 Å². The van der Waals surface area contributed by atoms with Crippen LogP contribution in [-0.2, 0) is 4.79 Å². The number of rotatable bonds is 4. The van der Waals surface area contributed by atoms with E-state index in [9.17, 15) is 20.0 Å². The maximum Gasteiger partial charge on any atom is 0.241 e. The molecule has 0 aromatic rings. The first-order valence-corrected chi connectivity index (χ1v) is 5.94. The van der Waals surface area contributed by atoms with E-state index in [2.05, 4.69) is 0 Å². The van der Waals surface area contributed by atoms with Gasteiger partial charge in [-0.1, -0.05) is 6.42 Å². The fourth-order valence-corrected chi connectivity index (χ4v) is 2.61. The van der Waals surface area contributed by atoms with Crippen LogP contribution in [0.3, 0.4) is 0 Å². The van der Waals surface area contributed by atoms with Gasteiger partial charge in [-0.05, 0) is 25.7 Å². The van der Waals surface area contributed by atoms with Crippen molar-refractivity contribution >= 4 is 5.78 Å². The molecule has 0 aromatic heterocycles. The molecular formula is C11H17NO4. The molecule has 0 spiro atoms. The molecule has 1 N–H and O–H groups in total. The third-order valence-electron chi connectivity index (χ3n) is 3.69. The maximum absolute atomic E-state index is 11.6. The summed E-state index contributed by atoms with van der Waals surface area (Å²) in [4.78, 5) is 22.1. The van der Waals surface area contributed by atoms with Crippen molar-refractivity contribution in [1.29, 1.82) is 0 Å². The normalized spacial score (nSPS) is 34.7. The van der Waals surface area contributed by atoms with Crippen LogP contribution in [-0.4, -0.2) is 28.0 Å². The van der Waals surface area contributed by atoms with Crippen molar-refractivity contribution < 1.29 is 14.8 Å². The molecule has 3 atom stereocenters. The molecule has 0 bridgehead atoms. The molecular weight excluding hydrogens is 210 g/mol. The molecule has 16 heavy (non-hydrogen) atoms. The van der Waals surface area contributed by atoms with E-state index in [1.165, 1.54) is 0 Å². The standard InChI is InChI=1S/C11H17NO4/c13-9-3-1-2-8(11(9)12(15)16)6-10(14)7-4-5-7/h7-9,11,13H,1-6H2. The highest BCUT2D eigenvalue weighted by atomic mass is 16.6. The lowest BCUT2D eigenvalue weighted by atomic mass is 9.79. The summed E-state index contributed by atoms with van der Waals surface area (Å²) in [7, 11) is 0. The number of aliphatic hydroxyl groups is 1. The largest absolute Gasteiger partial charge is 0.386 e. The first-order chi connectivity index (χ1) is 7.59. The number of ketones is 1. The van der Waals surface area contributed by atoms with Gasteiger partial charge in [0.15, 0.2) is 0 Å². The van der Waals surface area contributed by atoms with Crippen molar-refractivity contribution in [2.45, 2.75) is 50.7 Å². The van der Waals surface area contributed by atoms with Crippen molar-refractivity contribution in [3.05, 3.63) is 10.1 Å². The lowest BCUT2D eigenvalue weighted by Crippen LogP contribution is -2.44. The fraction of sp³-hybridized carbons (Fsp3) is 0.909. The van der Waals surface area contributed by atoms with Gasteiger partial charge in [0.2, 0.25) is 6.04 Å².